The van der Waals surface area contributed by atoms with Gasteiger partial charge in [0.1, 0.15) is 5.75 Å². The largest absolute Gasteiger partial charge is 0.508 e. The highest BCUT2D eigenvalue weighted by Crippen LogP contribution is 2.28. The average molecular weight is 242 g/mol. The van der Waals surface area contributed by atoms with Gasteiger partial charge in [-0.2, -0.15) is 0 Å². The van der Waals surface area contributed by atoms with Gasteiger partial charge in [0.15, 0.2) is 0 Å². The summed E-state index contributed by atoms with van der Waals surface area (Å²) in [6.07, 6.45) is 0. The number of hydrogen-bond donors (Lipinski definition) is 2. The Hall–Kier alpha value is -1.58. The van der Waals surface area contributed by atoms with Gasteiger partial charge in [-0.3, -0.25) is 4.90 Å². The maximum Gasteiger partial charge on any atom is 0.120 e. The smallest absolute Gasteiger partial charge is 0.120 e. The molecule has 0 saturated carbocycles. The zero-order valence-electron chi connectivity index (χ0n) is 10.4. The predicted molar refractivity (Wildman–Crippen MR) is 73.8 cm³/mol. The zero-order valence-corrected chi connectivity index (χ0v) is 10.4. The Morgan fingerprint density at radius 1 is 1.06 bits per heavy atom. The number of phenolic OH excluding ortho intramolecular Hbond substituents is 1. The number of hydrogen-bond acceptors (Lipinski definition) is 3. The number of rotatable bonds is 2. The van der Waals surface area contributed by atoms with Crippen molar-refractivity contribution in [2.24, 2.45) is 0 Å². The Morgan fingerprint density at radius 3 is 2.67 bits per heavy atom. The highest BCUT2D eigenvalue weighted by Gasteiger charge is 2.14. The monoisotopic (exact) mass is 242 g/mol. The van der Waals surface area contributed by atoms with Crippen LogP contribution in [-0.4, -0.2) is 36.2 Å². The number of aromatic hydroxyl groups is 1. The third kappa shape index (κ3) is 2.19. The molecule has 0 spiro atoms. The molecule has 2 aromatic rings. The van der Waals surface area contributed by atoms with Crippen LogP contribution in [-0.2, 0) is 6.54 Å². The minimum atomic E-state index is 0.409. The van der Waals surface area contributed by atoms with Crippen LogP contribution in [0.2, 0.25) is 0 Å². The fraction of sp³-hybridized carbons (Fsp3) is 0.333. The van der Waals surface area contributed by atoms with Crippen LogP contribution in [0.1, 0.15) is 5.56 Å². The minimum absolute atomic E-state index is 0.409. The lowest BCUT2D eigenvalue weighted by Crippen LogP contribution is -2.42. The van der Waals surface area contributed by atoms with Crippen LogP contribution in [0.3, 0.4) is 0 Å². The van der Waals surface area contributed by atoms with Crippen LogP contribution in [0.15, 0.2) is 36.4 Å². The van der Waals surface area contributed by atoms with Crippen molar-refractivity contribution in [3.63, 3.8) is 0 Å². The van der Waals surface area contributed by atoms with Gasteiger partial charge in [0.25, 0.3) is 0 Å². The number of nitrogens with zero attached hydrogens (tertiary/aromatic N) is 1. The van der Waals surface area contributed by atoms with Crippen molar-refractivity contribution in [3.05, 3.63) is 42.0 Å². The summed E-state index contributed by atoms with van der Waals surface area (Å²) in [6.45, 7) is 4.98. The standard InChI is InChI=1S/C15H18N2O/c18-15-6-5-12-3-1-2-4-13(12)14(15)11-17-9-7-16-8-10-17/h1-6,16,18H,7-11H2. The zero-order chi connectivity index (χ0) is 12.4. The SMILES string of the molecule is Oc1ccc2ccccc2c1CN1CCNCC1. The van der Waals surface area contributed by atoms with Crippen molar-refractivity contribution >= 4 is 10.8 Å². The van der Waals surface area contributed by atoms with Crippen LogP contribution in [0.4, 0.5) is 0 Å². The first kappa shape index (κ1) is 11.5. The van der Waals surface area contributed by atoms with Gasteiger partial charge in [-0.25, -0.2) is 0 Å². The lowest BCUT2D eigenvalue weighted by molar-refractivity contribution is 0.231. The second-order valence-corrected chi connectivity index (χ2v) is 4.81. The number of piperazine rings is 1. The number of nitrogens with one attached hydrogen (secondary N) is 1. The molecule has 94 valence electrons. The van der Waals surface area contributed by atoms with Crippen molar-refractivity contribution < 1.29 is 5.11 Å². The minimum Gasteiger partial charge on any atom is -0.508 e. The summed E-state index contributed by atoms with van der Waals surface area (Å²) in [5.41, 5.74) is 1.05. The van der Waals surface area contributed by atoms with Crippen molar-refractivity contribution in [1.82, 2.24) is 10.2 Å². The molecule has 0 amide bonds. The summed E-state index contributed by atoms with van der Waals surface area (Å²) in [5, 5.41) is 15.8. The third-order valence-electron chi connectivity index (χ3n) is 3.61. The van der Waals surface area contributed by atoms with Crippen molar-refractivity contribution in [3.8, 4) is 5.75 Å². The van der Waals surface area contributed by atoms with Gasteiger partial charge < -0.3 is 10.4 Å². The van der Waals surface area contributed by atoms with Crippen LogP contribution in [0.5, 0.6) is 5.75 Å². The van der Waals surface area contributed by atoms with Gasteiger partial charge in [-0.15, -0.1) is 0 Å². The Morgan fingerprint density at radius 2 is 1.83 bits per heavy atom. The molecule has 1 saturated heterocycles. The van der Waals surface area contributed by atoms with E-state index in [0.29, 0.717) is 5.75 Å². The van der Waals surface area contributed by atoms with E-state index in [1.54, 1.807) is 6.07 Å². The molecule has 0 bridgehead atoms. The van der Waals surface area contributed by atoms with E-state index in [0.717, 1.165) is 43.7 Å². The second-order valence-electron chi connectivity index (χ2n) is 4.81. The van der Waals surface area contributed by atoms with E-state index in [4.69, 9.17) is 0 Å². The van der Waals surface area contributed by atoms with E-state index in [-0.39, 0.29) is 0 Å². The topological polar surface area (TPSA) is 35.5 Å². The van der Waals surface area contributed by atoms with Crippen molar-refractivity contribution in [2.75, 3.05) is 26.2 Å². The van der Waals surface area contributed by atoms with E-state index in [9.17, 15) is 5.11 Å². The number of phenols is 1. The Labute approximate surface area is 107 Å². The quantitative estimate of drug-likeness (QED) is 0.845. The molecule has 3 heteroatoms. The van der Waals surface area contributed by atoms with E-state index in [1.807, 2.05) is 18.2 Å². The molecule has 2 aromatic carbocycles. The predicted octanol–water partition coefficient (Wildman–Crippen LogP) is 1.95. The fourth-order valence-corrected chi connectivity index (χ4v) is 2.58. The molecule has 0 unspecified atom stereocenters. The highest BCUT2D eigenvalue weighted by atomic mass is 16.3. The summed E-state index contributed by atoms with van der Waals surface area (Å²) >= 11 is 0. The lowest BCUT2D eigenvalue weighted by Gasteiger charge is -2.27. The second kappa shape index (κ2) is 4.96. The molecule has 0 atom stereocenters. The van der Waals surface area contributed by atoms with Crippen LogP contribution < -0.4 is 5.32 Å². The molecule has 0 aromatic heterocycles. The average Bonchev–Trinajstić information content (AvgIpc) is 2.43. The first-order valence-corrected chi connectivity index (χ1v) is 6.47. The summed E-state index contributed by atoms with van der Waals surface area (Å²) in [6, 6.07) is 12.0. The summed E-state index contributed by atoms with van der Waals surface area (Å²) in [5.74, 6) is 0.409. The molecule has 18 heavy (non-hydrogen) atoms. The molecular formula is C15H18N2O. The summed E-state index contributed by atoms with van der Waals surface area (Å²) < 4.78 is 0. The van der Waals surface area contributed by atoms with E-state index in [2.05, 4.69) is 22.3 Å². The van der Waals surface area contributed by atoms with Gasteiger partial charge in [-0.05, 0) is 16.8 Å². The first-order valence-electron chi connectivity index (χ1n) is 6.47. The van der Waals surface area contributed by atoms with Gasteiger partial charge in [0.2, 0.25) is 0 Å². The van der Waals surface area contributed by atoms with Crippen molar-refractivity contribution in [2.45, 2.75) is 6.54 Å². The third-order valence-corrected chi connectivity index (χ3v) is 3.61. The molecule has 3 nitrogen and oxygen atoms in total. The van der Waals surface area contributed by atoms with Gasteiger partial charge in [0, 0.05) is 38.3 Å². The van der Waals surface area contributed by atoms with Crippen LogP contribution >= 0.6 is 0 Å². The van der Waals surface area contributed by atoms with E-state index in [1.165, 1.54) is 5.39 Å². The van der Waals surface area contributed by atoms with Gasteiger partial charge in [0.05, 0.1) is 0 Å². The number of benzene rings is 2. The molecule has 1 aliphatic rings. The maximum atomic E-state index is 10.1. The molecule has 1 heterocycles. The highest BCUT2D eigenvalue weighted by molar-refractivity contribution is 5.87. The molecule has 1 aliphatic heterocycles. The Bertz CT molecular complexity index is 547. The molecular weight excluding hydrogens is 224 g/mol. The normalized spacial score (nSPS) is 17.1. The van der Waals surface area contributed by atoms with Gasteiger partial charge >= 0.3 is 0 Å². The lowest BCUT2D eigenvalue weighted by atomic mass is 10.0. The van der Waals surface area contributed by atoms with E-state index >= 15 is 0 Å². The molecule has 1 fully saturated rings. The fourth-order valence-electron chi connectivity index (χ4n) is 2.58. The maximum absolute atomic E-state index is 10.1. The molecule has 0 aliphatic carbocycles. The molecule has 3 rings (SSSR count). The van der Waals surface area contributed by atoms with Gasteiger partial charge in [-0.1, -0.05) is 30.3 Å². The Balaban J connectivity index is 1.96. The number of fused-ring (bicyclic) bond motifs is 1. The van der Waals surface area contributed by atoms with Crippen LogP contribution in [0.25, 0.3) is 10.8 Å². The summed E-state index contributed by atoms with van der Waals surface area (Å²) in [4.78, 5) is 2.39. The van der Waals surface area contributed by atoms with Crippen molar-refractivity contribution in [1.29, 1.82) is 0 Å². The Kier molecular flexibility index (Phi) is 3.17. The molecule has 2 N–H and O–H groups in total. The summed E-state index contributed by atoms with van der Waals surface area (Å²) in [7, 11) is 0. The van der Waals surface area contributed by atoms with E-state index < -0.39 is 0 Å². The first-order chi connectivity index (χ1) is 8.84. The molecule has 0 radical (unpaired) electrons. The van der Waals surface area contributed by atoms with Crippen LogP contribution in [0, 0.1) is 0 Å².